The van der Waals surface area contributed by atoms with Crippen LogP contribution in [0.15, 0.2) is 42.5 Å². The largest absolute Gasteiger partial charge is 0.497 e. The van der Waals surface area contributed by atoms with E-state index >= 15 is 0 Å². The fourth-order valence-electron chi connectivity index (χ4n) is 2.17. The van der Waals surface area contributed by atoms with Gasteiger partial charge in [0.2, 0.25) is 5.91 Å². The Bertz CT molecular complexity index is 817. The van der Waals surface area contributed by atoms with Gasteiger partial charge in [-0.25, -0.2) is 4.79 Å². The highest BCUT2D eigenvalue weighted by atomic mass is 16.5. The van der Waals surface area contributed by atoms with Gasteiger partial charge in [0.25, 0.3) is 5.91 Å². The lowest BCUT2D eigenvalue weighted by Crippen LogP contribution is -2.16. The maximum absolute atomic E-state index is 12.5. The number of methoxy groups -OCH3 is 2. The first-order chi connectivity index (χ1) is 11.9. The fraction of sp³-hybridized carbons (Fsp3) is 0.167. The highest BCUT2D eigenvalue weighted by Gasteiger charge is 2.16. The molecule has 0 fully saturated rings. The van der Waals surface area contributed by atoms with Crippen LogP contribution in [-0.2, 0) is 9.53 Å². The Morgan fingerprint density at radius 2 is 1.72 bits per heavy atom. The number of rotatable bonds is 5. The maximum atomic E-state index is 12.5. The maximum Gasteiger partial charge on any atom is 0.340 e. The standard InChI is InChI=1S/C18H18N2O5/c1-11(21)19-13-6-4-5-12(9-13)17(22)20-16-8-7-14(24-2)10-15(16)18(23)25-3/h4-10H,1-3H3,(H,19,21)(H,20,22). The molecule has 0 spiro atoms. The number of carbonyl (C=O) groups is 3. The van der Waals surface area contributed by atoms with E-state index in [0.717, 1.165) is 0 Å². The molecule has 0 saturated heterocycles. The molecule has 0 aromatic heterocycles. The van der Waals surface area contributed by atoms with E-state index in [-0.39, 0.29) is 11.5 Å². The minimum Gasteiger partial charge on any atom is -0.497 e. The van der Waals surface area contributed by atoms with Crippen LogP contribution in [0.25, 0.3) is 0 Å². The molecule has 2 rings (SSSR count). The van der Waals surface area contributed by atoms with Gasteiger partial charge in [-0.1, -0.05) is 6.07 Å². The Kier molecular flexibility index (Phi) is 5.73. The third-order valence-corrected chi connectivity index (χ3v) is 3.33. The van der Waals surface area contributed by atoms with Crippen LogP contribution in [-0.4, -0.2) is 32.0 Å². The Labute approximate surface area is 144 Å². The summed E-state index contributed by atoms with van der Waals surface area (Å²) in [5.74, 6) is -0.796. The average Bonchev–Trinajstić information content (AvgIpc) is 2.61. The first kappa shape index (κ1) is 18.0. The number of esters is 1. The van der Waals surface area contributed by atoms with Crippen LogP contribution in [0.4, 0.5) is 11.4 Å². The van der Waals surface area contributed by atoms with Gasteiger partial charge in [-0.15, -0.1) is 0 Å². The van der Waals surface area contributed by atoms with Crippen LogP contribution in [0.3, 0.4) is 0 Å². The van der Waals surface area contributed by atoms with E-state index in [1.165, 1.54) is 33.3 Å². The van der Waals surface area contributed by atoms with Crippen LogP contribution < -0.4 is 15.4 Å². The van der Waals surface area contributed by atoms with Gasteiger partial charge in [0, 0.05) is 18.2 Å². The average molecular weight is 342 g/mol. The molecule has 0 aliphatic heterocycles. The second-order valence-corrected chi connectivity index (χ2v) is 5.12. The minimum absolute atomic E-state index is 0.174. The highest BCUT2D eigenvalue weighted by Crippen LogP contribution is 2.24. The third-order valence-electron chi connectivity index (χ3n) is 3.33. The van der Waals surface area contributed by atoms with E-state index in [9.17, 15) is 14.4 Å². The SMILES string of the molecule is COC(=O)c1cc(OC)ccc1NC(=O)c1cccc(NC(C)=O)c1. The minimum atomic E-state index is -0.596. The van der Waals surface area contributed by atoms with Crippen molar-refractivity contribution in [3.8, 4) is 5.75 Å². The van der Waals surface area contributed by atoms with Gasteiger partial charge in [-0.05, 0) is 36.4 Å². The lowest BCUT2D eigenvalue weighted by atomic mass is 10.1. The molecular formula is C18H18N2O5. The van der Waals surface area contributed by atoms with Crippen molar-refractivity contribution in [2.75, 3.05) is 24.9 Å². The van der Waals surface area contributed by atoms with E-state index in [1.807, 2.05) is 0 Å². The summed E-state index contributed by atoms with van der Waals surface area (Å²) in [6.07, 6.45) is 0. The van der Waals surface area contributed by atoms with Crippen molar-refractivity contribution < 1.29 is 23.9 Å². The second-order valence-electron chi connectivity index (χ2n) is 5.12. The Morgan fingerprint density at radius 3 is 2.36 bits per heavy atom. The van der Waals surface area contributed by atoms with E-state index in [2.05, 4.69) is 10.6 Å². The summed E-state index contributed by atoms with van der Waals surface area (Å²) in [4.78, 5) is 35.5. The van der Waals surface area contributed by atoms with E-state index < -0.39 is 11.9 Å². The van der Waals surface area contributed by atoms with Crippen molar-refractivity contribution >= 4 is 29.2 Å². The van der Waals surface area contributed by atoms with Gasteiger partial charge in [0.15, 0.2) is 0 Å². The summed E-state index contributed by atoms with van der Waals surface area (Å²) in [5.41, 5.74) is 1.30. The van der Waals surface area contributed by atoms with Crippen LogP contribution >= 0.6 is 0 Å². The quantitative estimate of drug-likeness (QED) is 0.815. The van der Waals surface area contributed by atoms with Crippen LogP contribution in [0.2, 0.25) is 0 Å². The van der Waals surface area contributed by atoms with Gasteiger partial charge < -0.3 is 20.1 Å². The van der Waals surface area contributed by atoms with E-state index in [4.69, 9.17) is 9.47 Å². The third kappa shape index (κ3) is 4.57. The molecule has 0 aliphatic rings. The van der Waals surface area contributed by atoms with Gasteiger partial charge in [-0.3, -0.25) is 9.59 Å². The molecule has 0 bridgehead atoms. The fourth-order valence-corrected chi connectivity index (χ4v) is 2.17. The predicted octanol–water partition coefficient (Wildman–Crippen LogP) is 2.69. The first-order valence-electron chi connectivity index (χ1n) is 7.40. The molecule has 130 valence electrons. The molecule has 7 nitrogen and oxygen atoms in total. The zero-order valence-corrected chi connectivity index (χ0v) is 14.1. The van der Waals surface area contributed by atoms with Crippen LogP contribution in [0, 0.1) is 0 Å². The van der Waals surface area contributed by atoms with Crippen molar-refractivity contribution in [2.24, 2.45) is 0 Å². The lowest BCUT2D eigenvalue weighted by Gasteiger charge is -2.12. The zero-order chi connectivity index (χ0) is 18.4. The monoisotopic (exact) mass is 342 g/mol. The van der Waals surface area contributed by atoms with Gasteiger partial charge in [0.1, 0.15) is 5.75 Å². The summed E-state index contributed by atoms with van der Waals surface area (Å²) < 4.78 is 9.82. The molecule has 2 amide bonds. The Balaban J connectivity index is 2.28. The summed E-state index contributed by atoms with van der Waals surface area (Å²) in [6, 6.07) is 11.1. The summed E-state index contributed by atoms with van der Waals surface area (Å²) in [6.45, 7) is 1.38. The van der Waals surface area contributed by atoms with Crippen LogP contribution in [0.5, 0.6) is 5.75 Å². The number of hydrogen-bond donors (Lipinski definition) is 2. The molecule has 0 unspecified atom stereocenters. The van der Waals surface area contributed by atoms with Crippen molar-refractivity contribution in [1.82, 2.24) is 0 Å². The molecule has 25 heavy (non-hydrogen) atoms. The Morgan fingerprint density at radius 1 is 0.960 bits per heavy atom. The highest BCUT2D eigenvalue weighted by molar-refractivity contribution is 6.08. The number of anilines is 2. The molecule has 0 heterocycles. The van der Waals surface area contributed by atoms with Crippen molar-refractivity contribution in [3.05, 3.63) is 53.6 Å². The number of hydrogen-bond acceptors (Lipinski definition) is 5. The zero-order valence-electron chi connectivity index (χ0n) is 14.1. The van der Waals surface area contributed by atoms with Crippen molar-refractivity contribution in [1.29, 1.82) is 0 Å². The summed E-state index contributed by atoms with van der Waals surface area (Å²) in [7, 11) is 2.73. The van der Waals surface area contributed by atoms with Gasteiger partial charge >= 0.3 is 5.97 Å². The lowest BCUT2D eigenvalue weighted by molar-refractivity contribution is -0.114. The van der Waals surface area contributed by atoms with Crippen LogP contribution in [0.1, 0.15) is 27.6 Å². The van der Waals surface area contributed by atoms with E-state index in [1.54, 1.807) is 30.3 Å². The molecule has 0 radical (unpaired) electrons. The number of ether oxygens (including phenoxy) is 2. The molecule has 2 aromatic rings. The Hall–Kier alpha value is -3.35. The van der Waals surface area contributed by atoms with Gasteiger partial charge in [-0.2, -0.15) is 0 Å². The molecule has 0 aliphatic carbocycles. The predicted molar refractivity (Wildman–Crippen MR) is 93.0 cm³/mol. The number of nitrogens with one attached hydrogen (secondary N) is 2. The molecule has 2 aromatic carbocycles. The molecule has 7 heteroatoms. The van der Waals surface area contributed by atoms with Crippen molar-refractivity contribution in [2.45, 2.75) is 6.92 Å². The van der Waals surface area contributed by atoms with Crippen molar-refractivity contribution in [3.63, 3.8) is 0 Å². The number of carbonyl (C=O) groups excluding carboxylic acids is 3. The topological polar surface area (TPSA) is 93.7 Å². The molecule has 0 saturated carbocycles. The van der Waals surface area contributed by atoms with Gasteiger partial charge in [0.05, 0.1) is 25.5 Å². The number of amides is 2. The second kappa shape index (κ2) is 7.96. The van der Waals surface area contributed by atoms with E-state index in [0.29, 0.717) is 22.7 Å². The normalized spacial score (nSPS) is 9.88. The molecule has 0 atom stereocenters. The smallest absolute Gasteiger partial charge is 0.340 e. The summed E-state index contributed by atoms with van der Waals surface area (Å²) >= 11 is 0. The first-order valence-corrected chi connectivity index (χ1v) is 7.40. The number of benzene rings is 2. The molecule has 2 N–H and O–H groups in total. The summed E-state index contributed by atoms with van der Waals surface area (Å²) in [5, 5.41) is 5.27. The molecular weight excluding hydrogens is 324 g/mol.